The van der Waals surface area contributed by atoms with E-state index in [2.05, 4.69) is 32.8 Å². The zero-order valence-corrected chi connectivity index (χ0v) is 15.3. The molecule has 0 saturated carbocycles. The number of aromatic nitrogens is 3. The summed E-state index contributed by atoms with van der Waals surface area (Å²) in [5, 5.41) is 0.792. The fourth-order valence-electron chi connectivity index (χ4n) is 3.44. The zero-order valence-electron chi connectivity index (χ0n) is 15.3. The first-order valence-corrected chi connectivity index (χ1v) is 9.16. The summed E-state index contributed by atoms with van der Waals surface area (Å²) in [6, 6.07) is 11.5. The number of carbonyl (C=O) groups excluding carboxylic acids is 1. The largest absolute Gasteiger partial charge is 0.366 e. The van der Waals surface area contributed by atoms with Crippen molar-refractivity contribution in [3.8, 4) is 0 Å². The maximum atomic E-state index is 11.9. The summed E-state index contributed by atoms with van der Waals surface area (Å²) < 4.78 is 0. The van der Waals surface area contributed by atoms with E-state index in [4.69, 9.17) is 10.7 Å². The molecule has 1 saturated heterocycles. The molecule has 0 bridgehead atoms. The molecule has 0 atom stereocenters. The molecule has 1 amide bonds. The van der Waals surface area contributed by atoms with Gasteiger partial charge in [0.25, 0.3) is 0 Å². The molecule has 2 N–H and O–H groups in total. The topological polar surface area (TPSA) is 88.2 Å². The Morgan fingerprint density at radius 2 is 1.74 bits per heavy atom. The Balaban J connectivity index is 1.57. The van der Waals surface area contributed by atoms with Crippen molar-refractivity contribution in [2.75, 3.05) is 36.0 Å². The molecule has 2 aromatic heterocycles. The molecule has 3 aromatic rings. The first kappa shape index (κ1) is 17.2. The summed E-state index contributed by atoms with van der Waals surface area (Å²) >= 11 is 0. The van der Waals surface area contributed by atoms with Crippen LogP contribution in [0.25, 0.3) is 10.9 Å². The molecule has 138 valence electrons. The predicted molar refractivity (Wildman–Crippen MR) is 106 cm³/mol. The third-order valence-corrected chi connectivity index (χ3v) is 4.97. The average Bonchev–Trinajstić information content (AvgIpc) is 2.73. The third-order valence-electron chi connectivity index (χ3n) is 4.97. The van der Waals surface area contributed by atoms with E-state index >= 15 is 0 Å². The van der Waals surface area contributed by atoms with Crippen molar-refractivity contribution in [1.29, 1.82) is 0 Å². The van der Waals surface area contributed by atoms with E-state index in [-0.39, 0.29) is 0 Å². The molecule has 27 heavy (non-hydrogen) atoms. The molecule has 0 spiro atoms. The lowest BCUT2D eigenvalue weighted by Gasteiger charge is -2.36. The smallest absolute Gasteiger partial charge is 0.249 e. The minimum Gasteiger partial charge on any atom is -0.366 e. The lowest BCUT2D eigenvalue weighted by molar-refractivity contribution is 0.100. The summed E-state index contributed by atoms with van der Waals surface area (Å²) in [6.07, 6.45) is 2.52. The normalized spacial score (nSPS) is 14.6. The van der Waals surface area contributed by atoms with Gasteiger partial charge in [0.05, 0.1) is 11.1 Å². The molecular formula is C20H22N6O. The van der Waals surface area contributed by atoms with Crippen LogP contribution in [0.1, 0.15) is 23.0 Å². The number of anilines is 2. The maximum absolute atomic E-state index is 11.9. The molecule has 1 aromatic carbocycles. The van der Waals surface area contributed by atoms with Crippen molar-refractivity contribution < 1.29 is 4.79 Å². The van der Waals surface area contributed by atoms with E-state index in [9.17, 15) is 4.79 Å². The summed E-state index contributed by atoms with van der Waals surface area (Å²) in [6.45, 7) is 5.36. The fourth-order valence-corrected chi connectivity index (χ4v) is 3.44. The highest BCUT2D eigenvalue weighted by atomic mass is 16.1. The lowest BCUT2D eigenvalue weighted by Crippen LogP contribution is -2.47. The SMILES string of the molecule is CCc1cc(N2CCN(c3cc(C(N)=O)c4ccccc4n3)CC2)ncn1. The Kier molecular flexibility index (Phi) is 4.58. The Morgan fingerprint density at radius 3 is 2.44 bits per heavy atom. The molecule has 1 aliphatic heterocycles. The molecule has 3 heterocycles. The van der Waals surface area contributed by atoms with Crippen LogP contribution in [0.2, 0.25) is 0 Å². The zero-order chi connectivity index (χ0) is 18.8. The van der Waals surface area contributed by atoms with E-state index in [0.29, 0.717) is 5.56 Å². The number of amides is 1. The van der Waals surface area contributed by atoms with Crippen LogP contribution in [0.15, 0.2) is 42.7 Å². The monoisotopic (exact) mass is 362 g/mol. The quantitative estimate of drug-likeness (QED) is 0.764. The number of nitrogens with zero attached hydrogens (tertiary/aromatic N) is 5. The molecule has 1 aliphatic rings. The van der Waals surface area contributed by atoms with Gasteiger partial charge in [-0.25, -0.2) is 15.0 Å². The number of piperazine rings is 1. The second-order valence-corrected chi connectivity index (χ2v) is 6.60. The molecule has 0 radical (unpaired) electrons. The van der Waals surface area contributed by atoms with Crippen molar-refractivity contribution in [1.82, 2.24) is 15.0 Å². The number of rotatable bonds is 4. The van der Waals surface area contributed by atoms with Gasteiger partial charge >= 0.3 is 0 Å². The Hall–Kier alpha value is -3.22. The highest BCUT2D eigenvalue weighted by Crippen LogP contribution is 2.24. The number of pyridine rings is 1. The van der Waals surface area contributed by atoms with Crippen molar-refractivity contribution in [2.24, 2.45) is 5.73 Å². The predicted octanol–water partition coefficient (Wildman–Crippen LogP) is 2.01. The number of hydrogen-bond acceptors (Lipinski definition) is 6. The van der Waals surface area contributed by atoms with Crippen LogP contribution in [0.4, 0.5) is 11.6 Å². The van der Waals surface area contributed by atoms with Crippen molar-refractivity contribution >= 4 is 28.4 Å². The standard InChI is InChI=1S/C20H22N6O/c1-2-14-11-18(23-13-22-14)25-7-9-26(10-8-25)19-12-16(20(21)27)15-5-3-4-6-17(15)24-19/h3-6,11-13H,2,7-10H2,1H3,(H2,21,27). The van der Waals surface area contributed by atoms with Crippen LogP contribution in [0.5, 0.6) is 0 Å². The van der Waals surface area contributed by atoms with Gasteiger partial charge in [0, 0.05) is 43.3 Å². The maximum Gasteiger partial charge on any atom is 0.249 e. The average molecular weight is 362 g/mol. The van der Waals surface area contributed by atoms with Gasteiger partial charge in [-0.1, -0.05) is 25.1 Å². The highest BCUT2D eigenvalue weighted by Gasteiger charge is 2.21. The van der Waals surface area contributed by atoms with E-state index < -0.39 is 5.91 Å². The van der Waals surface area contributed by atoms with Crippen LogP contribution in [-0.4, -0.2) is 47.0 Å². The van der Waals surface area contributed by atoms with Crippen LogP contribution in [0, 0.1) is 0 Å². The molecule has 0 unspecified atom stereocenters. The number of benzene rings is 1. The lowest BCUT2D eigenvalue weighted by atomic mass is 10.1. The van der Waals surface area contributed by atoms with Crippen LogP contribution in [-0.2, 0) is 6.42 Å². The molecule has 4 rings (SSSR count). The Labute approximate surface area is 157 Å². The number of aryl methyl sites for hydroxylation is 1. The van der Waals surface area contributed by atoms with Gasteiger partial charge in [0.15, 0.2) is 0 Å². The highest BCUT2D eigenvalue weighted by molar-refractivity contribution is 6.06. The summed E-state index contributed by atoms with van der Waals surface area (Å²) in [4.78, 5) is 29.8. The molecule has 1 fully saturated rings. The molecule has 0 aliphatic carbocycles. The first-order valence-electron chi connectivity index (χ1n) is 9.16. The summed E-state index contributed by atoms with van der Waals surface area (Å²) in [5.41, 5.74) is 7.94. The minimum absolute atomic E-state index is 0.429. The first-order chi connectivity index (χ1) is 13.2. The summed E-state index contributed by atoms with van der Waals surface area (Å²) in [5.74, 6) is 1.33. The van der Waals surface area contributed by atoms with Gasteiger partial charge in [-0.05, 0) is 18.6 Å². The van der Waals surface area contributed by atoms with E-state index in [0.717, 1.165) is 60.8 Å². The Morgan fingerprint density at radius 1 is 1.04 bits per heavy atom. The van der Waals surface area contributed by atoms with Crippen molar-refractivity contribution in [3.63, 3.8) is 0 Å². The third kappa shape index (κ3) is 3.40. The number of para-hydroxylation sites is 1. The van der Waals surface area contributed by atoms with E-state index in [1.807, 2.05) is 24.3 Å². The molecular weight excluding hydrogens is 340 g/mol. The van der Waals surface area contributed by atoms with Gasteiger partial charge in [-0.3, -0.25) is 4.79 Å². The van der Waals surface area contributed by atoms with Crippen LogP contribution >= 0.6 is 0 Å². The second-order valence-electron chi connectivity index (χ2n) is 6.60. The van der Waals surface area contributed by atoms with E-state index in [1.165, 1.54) is 0 Å². The van der Waals surface area contributed by atoms with Gasteiger partial charge in [-0.15, -0.1) is 0 Å². The van der Waals surface area contributed by atoms with Crippen molar-refractivity contribution in [3.05, 3.63) is 54.0 Å². The van der Waals surface area contributed by atoms with Crippen molar-refractivity contribution in [2.45, 2.75) is 13.3 Å². The second kappa shape index (κ2) is 7.19. The number of nitrogens with two attached hydrogens (primary N) is 1. The minimum atomic E-state index is -0.429. The number of fused-ring (bicyclic) bond motifs is 1. The van der Waals surface area contributed by atoms with Gasteiger partial charge in [-0.2, -0.15) is 0 Å². The summed E-state index contributed by atoms with van der Waals surface area (Å²) in [7, 11) is 0. The van der Waals surface area contributed by atoms with Crippen LogP contribution in [0.3, 0.4) is 0 Å². The van der Waals surface area contributed by atoms with Gasteiger partial charge < -0.3 is 15.5 Å². The van der Waals surface area contributed by atoms with E-state index in [1.54, 1.807) is 12.4 Å². The number of hydrogen-bond donors (Lipinski definition) is 1. The number of carbonyl (C=O) groups is 1. The Bertz CT molecular complexity index is 981. The van der Waals surface area contributed by atoms with Crippen LogP contribution < -0.4 is 15.5 Å². The van der Waals surface area contributed by atoms with Gasteiger partial charge in [0.2, 0.25) is 5.91 Å². The number of primary amides is 1. The molecule has 7 heteroatoms. The van der Waals surface area contributed by atoms with Gasteiger partial charge in [0.1, 0.15) is 18.0 Å². The fraction of sp³-hybridized carbons (Fsp3) is 0.300. The molecule has 7 nitrogen and oxygen atoms in total.